The molecule has 4 nitrogen and oxygen atoms in total. The van der Waals surface area contributed by atoms with Gasteiger partial charge in [-0.3, -0.25) is 0 Å². The van der Waals surface area contributed by atoms with Crippen molar-refractivity contribution in [2.45, 2.75) is 52.7 Å². The normalized spacial score (nSPS) is 19.9. The van der Waals surface area contributed by atoms with Crippen LogP contribution in [0.2, 0.25) is 0 Å². The highest BCUT2D eigenvalue weighted by molar-refractivity contribution is 5.73. The summed E-state index contributed by atoms with van der Waals surface area (Å²) in [4.78, 5) is 4.94. The van der Waals surface area contributed by atoms with Crippen LogP contribution in [0.5, 0.6) is 0 Å². The first-order chi connectivity index (χ1) is 13.5. The van der Waals surface area contributed by atoms with Crippen molar-refractivity contribution in [3.63, 3.8) is 0 Å². The SMILES string of the molecule is C=C/C=C\c1c(N2CC(C)OC(CN(CCC)CCC)C2)ccc(C#N)c1C. The Bertz CT molecular complexity index is 713. The molecule has 1 saturated heterocycles. The molecule has 4 heteroatoms. The molecule has 2 unspecified atom stereocenters. The van der Waals surface area contributed by atoms with E-state index >= 15 is 0 Å². The molecule has 1 aromatic carbocycles. The van der Waals surface area contributed by atoms with Gasteiger partial charge in [0.25, 0.3) is 0 Å². The Balaban J connectivity index is 2.28. The fraction of sp³-hybridized carbons (Fsp3) is 0.542. The van der Waals surface area contributed by atoms with E-state index in [9.17, 15) is 5.26 Å². The van der Waals surface area contributed by atoms with Crippen molar-refractivity contribution in [2.24, 2.45) is 0 Å². The molecule has 152 valence electrons. The maximum Gasteiger partial charge on any atom is 0.0994 e. The van der Waals surface area contributed by atoms with E-state index in [0.29, 0.717) is 0 Å². The number of nitrogens with zero attached hydrogens (tertiary/aromatic N) is 3. The van der Waals surface area contributed by atoms with Crippen molar-refractivity contribution in [1.82, 2.24) is 4.90 Å². The third kappa shape index (κ3) is 5.70. The van der Waals surface area contributed by atoms with E-state index in [-0.39, 0.29) is 12.2 Å². The minimum absolute atomic E-state index is 0.177. The number of nitriles is 1. The molecule has 0 spiro atoms. The highest BCUT2D eigenvalue weighted by atomic mass is 16.5. The highest BCUT2D eigenvalue weighted by Gasteiger charge is 2.28. The summed E-state index contributed by atoms with van der Waals surface area (Å²) in [6.45, 7) is 17.4. The van der Waals surface area contributed by atoms with Crippen LogP contribution < -0.4 is 4.90 Å². The van der Waals surface area contributed by atoms with Gasteiger partial charge < -0.3 is 14.5 Å². The van der Waals surface area contributed by atoms with Gasteiger partial charge in [-0.25, -0.2) is 0 Å². The standard InChI is InChI=1S/C24H35N3O/c1-6-9-10-23-20(5)21(15-25)11-12-24(23)27-16-19(4)28-22(18-27)17-26(13-7-2)14-8-3/h6,9-12,19,22H,1,7-8,13-14,16-18H2,2-5H3/b10-9-. The summed E-state index contributed by atoms with van der Waals surface area (Å²) in [6.07, 6.45) is 8.48. The van der Waals surface area contributed by atoms with E-state index in [1.807, 2.05) is 19.1 Å². The average molecular weight is 382 g/mol. The van der Waals surface area contributed by atoms with Gasteiger partial charge >= 0.3 is 0 Å². The van der Waals surface area contributed by atoms with Crippen LogP contribution >= 0.6 is 0 Å². The summed E-state index contributed by atoms with van der Waals surface area (Å²) in [5, 5.41) is 9.42. The molecule has 1 aliphatic heterocycles. The Morgan fingerprint density at radius 2 is 2.00 bits per heavy atom. The van der Waals surface area contributed by atoms with Crippen LogP contribution in [0.3, 0.4) is 0 Å². The molecule has 1 aromatic rings. The first-order valence-electron chi connectivity index (χ1n) is 10.5. The highest BCUT2D eigenvalue weighted by Crippen LogP contribution is 2.30. The lowest BCUT2D eigenvalue weighted by Gasteiger charge is -2.41. The fourth-order valence-corrected chi connectivity index (χ4v) is 4.04. The van der Waals surface area contributed by atoms with Gasteiger partial charge in [-0.2, -0.15) is 5.26 Å². The van der Waals surface area contributed by atoms with Crippen molar-refractivity contribution in [1.29, 1.82) is 5.26 Å². The summed E-state index contributed by atoms with van der Waals surface area (Å²) in [6, 6.07) is 6.32. The number of benzene rings is 1. The van der Waals surface area contributed by atoms with Gasteiger partial charge in [-0.15, -0.1) is 0 Å². The minimum Gasteiger partial charge on any atom is -0.370 e. The van der Waals surface area contributed by atoms with E-state index < -0.39 is 0 Å². The number of hydrogen-bond acceptors (Lipinski definition) is 4. The zero-order valence-electron chi connectivity index (χ0n) is 17.9. The summed E-state index contributed by atoms with van der Waals surface area (Å²) in [7, 11) is 0. The number of ether oxygens (including phenoxy) is 1. The van der Waals surface area contributed by atoms with Gasteiger partial charge in [0.2, 0.25) is 0 Å². The second-order valence-electron chi connectivity index (χ2n) is 7.65. The van der Waals surface area contributed by atoms with Gasteiger partial charge in [0.05, 0.1) is 23.8 Å². The Hall–Kier alpha value is -2.09. The molecule has 0 N–H and O–H groups in total. The molecule has 1 fully saturated rings. The molecule has 1 aliphatic rings. The maximum absolute atomic E-state index is 9.42. The zero-order valence-corrected chi connectivity index (χ0v) is 17.9. The van der Waals surface area contributed by atoms with Crippen molar-refractivity contribution in [2.75, 3.05) is 37.6 Å². The van der Waals surface area contributed by atoms with Crippen LogP contribution in [0.1, 0.15) is 50.3 Å². The number of morpholine rings is 1. The Labute approximate surface area is 171 Å². The monoisotopic (exact) mass is 381 g/mol. The molecule has 28 heavy (non-hydrogen) atoms. The van der Waals surface area contributed by atoms with E-state index in [0.717, 1.165) is 62.3 Å². The third-order valence-corrected chi connectivity index (χ3v) is 5.22. The summed E-state index contributed by atoms with van der Waals surface area (Å²) in [5.41, 5.74) is 4.02. The lowest BCUT2D eigenvalue weighted by atomic mass is 9.99. The molecule has 0 aliphatic carbocycles. The van der Waals surface area contributed by atoms with Crippen LogP contribution in [-0.4, -0.2) is 49.8 Å². The summed E-state index contributed by atoms with van der Waals surface area (Å²) >= 11 is 0. The van der Waals surface area contributed by atoms with Crippen LogP contribution in [0.15, 0.2) is 30.9 Å². The van der Waals surface area contributed by atoms with Crippen molar-refractivity contribution in [3.8, 4) is 6.07 Å². The molecule has 0 saturated carbocycles. The van der Waals surface area contributed by atoms with Crippen molar-refractivity contribution < 1.29 is 4.74 Å². The molecule has 0 aromatic heterocycles. The molecule has 2 atom stereocenters. The first-order valence-corrected chi connectivity index (χ1v) is 10.5. The predicted molar refractivity (Wildman–Crippen MR) is 119 cm³/mol. The molecule has 0 amide bonds. The van der Waals surface area contributed by atoms with Crippen LogP contribution in [0, 0.1) is 18.3 Å². The number of hydrogen-bond donors (Lipinski definition) is 0. The second kappa shape index (κ2) is 11.0. The van der Waals surface area contributed by atoms with E-state index in [1.165, 1.54) is 5.69 Å². The molecule has 0 bridgehead atoms. The zero-order chi connectivity index (χ0) is 20.5. The van der Waals surface area contributed by atoms with Gasteiger partial charge in [0, 0.05) is 30.9 Å². The van der Waals surface area contributed by atoms with Crippen LogP contribution in [0.4, 0.5) is 5.69 Å². The smallest absolute Gasteiger partial charge is 0.0994 e. The molecular weight excluding hydrogens is 346 g/mol. The molecule has 2 rings (SSSR count). The van der Waals surface area contributed by atoms with E-state index in [2.05, 4.69) is 55.4 Å². The first kappa shape index (κ1) is 22.2. The van der Waals surface area contributed by atoms with Gasteiger partial charge in [0.15, 0.2) is 0 Å². The lowest BCUT2D eigenvalue weighted by molar-refractivity contribution is -0.0322. The predicted octanol–water partition coefficient (Wildman–Crippen LogP) is 4.78. The third-order valence-electron chi connectivity index (χ3n) is 5.22. The Kier molecular flexibility index (Phi) is 8.76. The Morgan fingerprint density at radius 3 is 2.61 bits per heavy atom. The summed E-state index contributed by atoms with van der Waals surface area (Å²) in [5.74, 6) is 0. The minimum atomic E-state index is 0.177. The molecule has 0 radical (unpaired) electrons. The van der Waals surface area contributed by atoms with Crippen LogP contribution in [0.25, 0.3) is 6.08 Å². The second-order valence-corrected chi connectivity index (χ2v) is 7.65. The molecular formula is C24H35N3O. The molecule has 1 heterocycles. The Morgan fingerprint density at radius 1 is 1.29 bits per heavy atom. The number of allylic oxidation sites excluding steroid dienone is 2. The summed E-state index contributed by atoms with van der Waals surface area (Å²) < 4.78 is 6.29. The van der Waals surface area contributed by atoms with Crippen LogP contribution in [-0.2, 0) is 4.74 Å². The van der Waals surface area contributed by atoms with Crippen molar-refractivity contribution >= 4 is 11.8 Å². The maximum atomic E-state index is 9.42. The quantitative estimate of drug-likeness (QED) is 0.577. The largest absolute Gasteiger partial charge is 0.370 e. The van der Waals surface area contributed by atoms with Gasteiger partial charge in [-0.05, 0) is 57.5 Å². The average Bonchev–Trinajstić information content (AvgIpc) is 2.66. The fourth-order valence-electron chi connectivity index (χ4n) is 4.04. The van der Waals surface area contributed by atoms with E-state index in [4.69, 9.17) is 4.74 Å². The van der Waals surface area contributed by atoms with Gasteiger partial charge in [-0.1, -0.05) is 38.7 Å². The van der Waals surface area contributed by atoms with Crippen molar-refractivity contribution in [3.05, 3.63) is 47.6 Å². The van der Waals surface area contributed by atoms with Gasteiger partial charge in [0.1, 0.15) is 0 Å². The number of anilines is 1. The lowest BCUT2D eigenvalue weighted by Crippen LogP contribution is -2.51. The van der Waals surface area contributed by atoms with E-state index in [1.54, 1.807) is 6.08 Å². The number of rotatable bonds is 9. The topological polar surface area (TPSA) is 39.5 Å².